The van der Waals surface area contributed by atoms with E-state index in [2.05, 4.69) is 5.92 Å². The van der Waals surface area contributed by atoms with E-state index >= 15 is 0 Å². The Kier molecular flexibility index (Phi) is 6.26. The normalized spacial score (nSPS) is 19.5. The molecule has 1 saturated heterocycles. The number of allylic oxidation sites excluding steroid dienone is 2. The van der Waals surface area contributed by atoms with Gasteiger partial charge in [-0.1, -0.05) is 43.2 Å². The van der Waals surface area contributed by atoms with Crippen LogP contribution in [-0.4, -0.2) is 27.9 Å². The third-order valence-electron chi connectivity index (χ3n) is 5.47. The second-order valence-electron chi connectivity index (χ2n) is 7.38. The van der Waals surface area contributed by atoms with Crippen molar-refractivity contribution >= 4 is 17.5 Å². The first-order chi connectivity index (χ1) is 13.6. The van der Waals surface area contributed by atoms with Gasteiger partial charge in [0.15, 0.2) is 5.78 Å². The maximum atomic E-state index is 12.9. The van der Waals surface area contributed by atoms with Crippen LogP contribution in [0.3, 0.4) is 0 Å². The molecule has 4 nitrogen and oxygen atoms in total. The van der Waals surface area contributed by atoms with E-state index in [0.717, 1.165) is 37.7 Å². The van der Waals surface area contributed by atoms with Crippen molar-refractivity contribution < 1.29 is 14.4 Å². The van der Waals surface area contributed by atoms with Crippen molar-refractivity contribution in [3.05, 3.63) is 60.2 Å². The summed E-state index contributed by atoms with van der Waals surface area (Å²) in [6.45, 7) is 0.415. The Morgan fingerprint density at radius 1 is 1.04 bits per heavy atom. The summed E-state index contributed by atoms with van der Waals surface area (Å²) in [6, 6.07) is 9.67. The number of nitrogens with zero attached hydrogens (tertiary/aromatic N) is 1. The van der Waals surface area contributed by atoms with Crippen molar-refractivity contribution in [1.29, 1.82) is 0 Å². The Balaban J connectivity index is 1.69. The first-order valence-corrected chi connectivity index (χ1v) is 9.82. The molecule has 28 heavy (non-hydrogen) atoms. The van der Waals surface area contributed by atoms with E-state index in [9.17, 15) is 14.4 Å². The van der Waals surface area contributed by atoms with Crippen LogP contribution in [0, 0.1) is 18.3 Å². The zero-order valence-corrected chi connectivity index (χ0v) is 16.0. The van der Waals surface area contributed by atoms with E-state index in [4.69, 9.17) is 6.42 Å². The molecule has 1 atom stereocenters. The van der Waals surface area contributed by atoms with Gasteiger partial charge in [-0.3, -0.25) is 14.4 Å². The van der Waals surface area contributed by atoms with Crippen molar-refractivity contribution in [2.45, 2.75) is 50.6 Å². The van der Waals surface area contributed by atoms with E-state index in [1.54, 1.807) is 17.1 Å². The number of ketones is 2. The van der Waals surface area contributed by atoms with Crippen LogP contribution in [0.25, 0.3) is 0 Å². The van der Waals surface area contributed by atoms with Gasteiger partial charge in [0.2, 0.25) is 5.91 Å². The van der Waals surface area contributed by atoms with Gasteiger partial charge in [0.25, 0.3) is 0 Å². The summed E-state index contributed by atoms with van der Waals surface area (Å²) in [5.41, 5.74) is 0.176. The van der Waals surface area contributed by atoms with Crippen molar-refractivity contribution in [3.8, 4) is 12.3 Å². The standard InChI is InChI=1S/C24H25NO3/c1-2-3-4-5-6-10-13-21(27)22-23(28)25(18-19-11-8-7-9-12-19)24(22)16-14-20(26)15-17-24/h1,7-9,11-12,14-17,22H,3-6,10,13,18H2. The first-order valence-electron chi connectivity index (χ1n) is 9.82. The molecule has 1 unspecified atom stereocenters. The molecule has 1 aromatic rings. The number of rotatable bonds is 9. The van der Waals surface area contributed by atoms with E-state index < -0.39 is 11.5 Å². The van der Waals surface area contributed by atoms with Gasteiger partial charge < -0.3 is 4.90 Å². The highest BCUT2D eigenvalue weighted by atomic mass is 16.2. The number of β-lactam (4-membered cyclic amide) rings is 1. The van der Waals surface area contributed by atoms with Gasteiger partial charge >= 0.3 is 0 Å². The first kappa shape index (κ1) is 19.8. The molecule has 1 amide bonds. The molecule has 1 heterocycles. The third kappa shape index (κ3) is 3.99. The molecule has 0 radical (unpaired) electrons. The van der Waals surface area contributed by atoms with Gasteiger partial charge in [-0.15, -0.1) is 12.3 Å². The number of Topliss-reactive ketones (excluding diaryl/α,β-unsaturated/α-hetero) is 1. The van der Waals surface area contributed by atoms with Crippen LogP contribution in [0.4, 0.5) is 0 Å². The molecule has 1 fully saturated rings. The number of hydrogen-bond acceptors (Lipinski definition) is 3. The Hall–Kier alpha value is -2.93. The molecular formula is C24H25NO3. The van der Waals surface area contributed by atoms with Crippen LogP contribution in [0.5, 0.6) is 0 Å². The van der Waals surface area contributed by atoms with E-state index in [-0.39, 0.29) is 17.5 Å². The molecular weight excluding hydrogens is 350 g/mol. The summed E-state index contributed by atoms with van der Waals surface area (Å²) >= 11 is 0. The zero-order chi connectivity index (χ0) is 20.0. The van der Waals surface area contributed by atoms with Gasteiger partial charge in [-0.05, 0) is 42.7 Å². The number of likely N-dealkylation sites (tertiary alicyclic amines) is 1. The lowest BCUT2D eigenvalue weighted by Crippen LogP contribution is -2.71. The minimum atomic E-state index is -0.818. The predicted octanol–water partition coefficient (Wildman–Crippen LogP) is 3.62. The Morgan fingerprint density at radius 3 is 2.39 bits per heavy atom. The summed E-state index contributed by atoms with van der Waals surface area (Å²) in [6.07, 6.45) is 16.4. The lowest BCUT2D eigenvalue weighted by Gasteiger charge is -2.54. The number of unbranched alkanes of at least 4 members (excludes halogenated alkanes) is 4. The smallest absolute Gasteiger partial charge is 0.237 e. The van der Waals surface area contributed by atoms with E-state index in [1.807, 2.05) is 30.3 Å². The average molecular weight is 375 g/mol. The van der Waals surface area contributed by atoms with Crippen LogP contribution in [0.1, 0.15) is 44.1 Å². The van der Waals surface area contributed by atoms with E-state index in [1.165, 1.54) is 12.2 Å². The maximum Gasteiger partial charge on any atom is 0.237 e. The summed E-state index contributed by atoms with van der Waals surface area (Å²) in [5, 5.41) is 0. The van der Waals surface area contributed by atoms with Crippen LogP contribution < -0.4 is 0 Å². The number of terminal acetylenes is 1. The topological polar surface area (TPSA) is 54.5 Å². The van der Waals surface area contributed by atoms with Gasteiger partial charge in [-0.25, -0.2) is 0 Å². The molecule has 1 spiro atoms. The fourth-order valence-corrected chi connectivity index (χ4v) is 3.95. The molecule has 0 bridgehead atoms. The molecule has 144 valence electrons. The quantitative estimate of drug-likeness (QED) is 0.287. The predicted molar refractivity (Wildman–Crippen MR) is 108 cm³/mol. The highest BCUT2D eigenvalue weighted by Crippen LogP contribution is 2.44. The van der Waals surface area contributed by atoms with Crippen molar-refractivity contribution in [3.63, 3.8) is 0 Å². The molecule has 0 aromatic heterocycles. The maximum absolute atomic E-state index is 12.9. The summed E-state index contributed by atoms with van der Waals surface area (Å²) in [7, 11) is 0. The van der Waals surface area contributed by atoms with Crippen molar-refractivity contribution in [1.82, 2.24) is 4.90 Å². The van der Waals surface area contributed by atoms with Crippen molar-refractivity contribution in [2.24, 2.45) is 5.92 Å². The SMILES string of the molecule is C#CCCCCCCC(=O)C1C(=O)N(Cc2ccccc2)C12C=CC(=O)C=C2. The van der Waals surface area contributed by atoms with Gasteiger partial charge in [-0.2, -0.15) is 0 Å². The monoisotopic (exact) mass is 375 g/mol. The molecule has 1 aliphatic heterocycles. The van der Waals surface area contributed by atoms with Crippen LogP contribution >= 0.6 is 0 Å². The van der Waals surface area contributed by atoms with E-state index in [0.29, 0.717) is 13.0 Å². The molecule has 3 rings (SSSR count). The Morgan fingerprint density at radius 2 is 1.71 bits per heavy atom. The third-order valence-corrected chi connectivity index (χ3v) is 5.47. The lowest BCUT2D eigenvalue weighted by molar-refractivity contribution is -0.166. The minimum Gasteiger partial charge on any atom is -0.324 e. The fourth-order valence-electron chi connectivity index (χ4n) is 3.95. The van der Waals surface area contributed by atoms with Gasteiger partial charge in [0, 0.05) is 19.4 Å². The second-order valence-corrected chi connectivity index (χ2v) is 7.38. The number of benzene rings is 1. The number of hydrogen-bond donors (Lipinski definition) is 0. The van der Waals surface area contributed by atoms with Crippen LogP contribution in [-0.2, 0) is 20.9 Å². The van der Waals surface area contributed by atoms with Crippen LogP contribution in [0.15, 0.2) is 54.6 Å². The number of carbonyl (C=O) groups excluding carboxylic acids is 3. The molecule has 4 heteroatoms. The lowest BCUT2D eigenvalue weighted by atomic mass is 9.68. The number of amides is 1. The Labute approximate surface area is 166 Å². The highest BCUT2D eigenvalue weighted by Gasteiger charge is 2.60. The second kappa shape index (κ2) is 8.84. The molecule has 1 aromatic carbocycles. The number of carbonyl (C=O) groups is 3. The molecule has 0 N–H and O–H groups in total. The molecule has 0 saturated carbocycles. The molecule has 1 aliphatic carbocycles. The Bertz CT molecular complexity index is 828. The van der Waals surface area contributed by atoms with Gasteiger partial charge in [0.05, 0.1) is 5.54 Å². The van der Waals surface area contributed by atoms with Gasteiger partial charge in [0.1, 0.15) is 11.7 Å². The summed E-state index contributed by atoms with van der Waals surface area (Å²) < 4.78 is 0. The highest BCUT2D eigenvalue weighted by molar-refractivity contribution is 6.11. The summed E-state index contributed by atoms with van der Waals surface area (Å²) in [4.78, 5) is 39.0. The fraction of sp³-hybridized carbons (Fsp3) is 0.375. The van der Waals surface area contributed by atoms with Crippen LogP contribution in [0.2, 0.25) is 0 Å². The van der Waals surface area contributed by atoms with Crippen molar-refractivity contribution in [2.75, 3.05) is 0 Å². The summed E-state index contributed by atoms with van der Waals surface area (Å²) in [5.74, 6) is 1.55. The average Bonchev–Trinajstić information content (AvgIpc) is 2.71. The molecule has 2 aliphatic rings. The zero-order valence-electron chi connectivity index (χ0n) is 16.0. The largest absolute Gasteiger partial charge is 0.324 e. The minimum absolute atomic E-state index is 0.0464.